The van der Waals surface area contributed by atoms with Crippen LogP contribution in [0.2, 0.25) is 0 Å². The minimum atomic E-state index is 0. The Bertz CT molecular complexity index is 868. The Morgan fingerprint density at radius 1 is 0.963 bits per heavy atom. The van der Waals surface area contributed by atoms with Gasteiger partial charge in [0.2, 0.25) is 0 Å². The summed E-state index contributed by atoms with van der Waals surface area (Å²) in [6.07, 6.45) is 2.20. The summed E-state index contributed by atoms with van der Waals surface area (Å²) in [7, 11) is 1.64. The third kappa shape index (κ3) is 6.01. The van der Waals surface area contributed by atoms with E-state index >= 15 is 0 Å². The van der Waals surface area contributed by atoms with Crippen molar-refractivity contribution in [3.8, 4) is 11.5 Å². The predicted octanol–water partition coefficient (Wildman–Crippen LogP) is 4.32. The summed E-state index contributed by atoms with van der Waals surface area (Å²) in [6, 6.07) is 21.3. The molecule has 0 aliphatic heterocycles. The van der Waals surface area contributed by atoms with Crippen LogP contribution in [0.25, 0.3) is 0 Å². The quantitative estimate of drug-likeness (QED) is 0.487. The van der Waals surface area contributed by atoms with Crippen LogP contribution in [-0.2, 0) is 13.0 Å². The fraction of sp³-hybridized carbons (Fsp3) is 0.143. The Hall–Kier alpha value is -3.05. The molecule has 3 rings (SSSR count). The molecule has 6 heteroatoms. The Balaban J connectivity index is 0.00000261. The van der Waals surface area contributed by atoms with Crippen LogP contribution in [0.3, 0.4) is 0 Å². The molecule has 2 aromatic carbocycles. The maximum Gasteiger partial charge on any atom is 0.196 e. The second-order valence-corrected chi connectivity index (χ2v) is 5.73. The highest BCUT2D eigenvalue weighted by molar-refractivity contribution is 5.85. The van der Waals surface area contributed by atoms with Crippen molar-refractivity contribution in [1.29, 1.82) is 0 Å². The van der Waals surface area contributed by atoms with E-state index in [0.717, 1.165) is 16.9 Å². The van der Waals surface area contributed by atoms with Gasteiger partial charge in [-0.1, -0.05) is 42.5 Å². The average molecular weight is 384 g/mol. The van der Waals surface area contributed by atoms with E-state index in [1.165, 1.54) is 0 Å². The molecule has 1 aromatic heterocycles. The fourth-order valence-corrected chi connectivity index (χ4v) is 2.44. The van der Waals surface area contributed by atoms with Gasteiger partial charge >= 0.3 is 0 Å². The number of aromatic nitrogens is 1. The van der Waals surface area contributed by atoms with Gasteiger partial charge in [-0.05, 0) is 35.4 Å². The number of hydrogen-bond donors (Lipinski definition) is 1. The van der Waals surface area contributed by atoms with Crippen LogP contribution in [0.5, 0.6) is 11.5 Å². The zero-order chi connectivity index (χ0) is 18.2. The molecule has 27 heavy (non-hydrogen) atoms. The summed E-state index contributed by atoms with van der Waals surface area (Å²) in [5, 5.41) is 0. The fourth-order valence-electron chi connectivity index (χ4n) is 2.44. The Morgan fingerprint density at radius 2 is 1.70 bits per heavy atom. The van der Waals surface area contributed by atoms with E-state index in [1.54, 1.807) is 13.3 Å². The lowest BCUT2D eigenvalue weighted by molar-refractivity contribution is 0.306. The monoisotopic (exact) mass is 383 g/mol. The molecule has 0 aliphatic carbocycles. The number of halogens is 1. The van der Waals surface area contributed by atoms with Crippen molar-refractivity contribution in [1.82, 2.24) is 4.98 Å². The molecule has 0 radical (unpaired) electrons. The lowest BCUT2D eigenvalue weighted by Gasteiger charge is -2.09. The highest BCUT2D eigenvalue weighted by Crippen LogP contribution is 2.25. The normalized spacial score (nSPS) is 10.8. The minimum absolute atomic E-state index is 0. The molecule has 0 bridgehead atoms. The number of rotatable bonds is 7. The second-order valence-electron chi connectivity index (χ2n) is 5.73. The number of benzene rings is 2. The summed E-state index contributed by atoms with van der Waals surface area (Å²) in [5.41, 5.74) is 8.24. The van der Waals surface area contributed by atoms with Crippen LogP contribution >= 0.6 is 12.4 Å². The third-order valence-corrected chi connectivity index (χ3v) is 3.78. The molecule has 0 aliphatic rings. The number of amidine groups is 1. The second kappa shape index (κ2) is 10.2. The van der Waals surface area contributed by atoms with Gasteiger partial charge in [-0.2, -0.15) is 0 Å². The lowest BCUT2D eigenvalue weighted by Crippen LogP contribution is -2.14. The summed E-state index contributed by atoms with van der Waals surface area (Å²) >= 11 is 0. The number of methoxy groups -OCH3 is 1. The van der Waals surface area contributed by atoms with Crippen molar-refractivity contribution in [2.45, 2.75) is 13.0 Å². The number of nitrogens with zero attached hydrogens (tertiary/aromatic N) is 2. The van der Waals surface area contributed by atoms with Gasteiger partial charge in [0, 0.05) is 12.6 Å². The molecule has 2 N–H and O–H groups in total. The van der Waals surface area contributed by atoms with E-state index in [9.17, 15) is 0 Å². The summed E-state index contributed by atoms with van der Waals surface area (Å²) in [4.78, 5) is 8.72. The first kappa shape index (κ1) is 20.3. The number of nitrogens with two attached hydrogens (primary N) is 1. The predicted molar refractivity (Wildman–Crippen MR) is 110 cm³/mol. The van der Waals surface area contributed by atoms with Gasteiger partial charge in [-0.3, -0.25) is 0 Å². The highest BCUT2D eigenvalue weighted by Gasteiger charge is 2.06. The summed E-state index contributed by atoms with van der Waals surface area (Å²) in [5.74, 6) is 2.37. The molecule has 0 amide bonds. The number of hydrogen-bond acceptors (Lipinski definition) is 4. The summed E-state index contributed by atoms with van der Waals surface area (Å²) in [6.45, 7) is 0.452. The molecule has 0 saturated carbocycles. The number of pyridine rings is 1. The van der Waals surface area contributed by atoms with Gasteiger partial charge in [0.05, 0.1) is 7.11 Å². The van der Waals surface area contributed by atoms with Crippen molar-refractivity contribution < 1.29 is 9.47 Å². The van der Waals surface area contributed by atoms with E-state index in [-0.39, 0.29) is 12.4 Å². The first-order valence-electron chi connectivity index (χ1n) is 8.32. The van der Waals surface area contributed by atoms with Gasteiger partial charge in [0.1, 0.15) is 18.2 Å². The zero-order valence-electron chi connectivity index (χ0n) is 15.0. The molecule has 140 valence electrons. The van der Waals surface area contributed by atoms with E-state index in [4.69, 9.17) is 15.2 Å². The maximum atomic E-state index is 6.11. The van der Waals surface area contributed by atoms with Crippen LogP contribution in [0.4, 0.5) is 5.82 Å². The standard InChI is InChI=1S/C21H21N3O2.ClH/c1-25-18-11-9-16(10-12-18)14-20(22)24-21-19(8-5-13-23-21)26-15-17-6-3-2-4-7-17;/h2-13H,14-15H2,1H3,(H2,22,23,24);1H. The van der Waals surface area contributed by atoms with Crippen LogP contribution in [0.15, 0.2) is 77.9 Å². The first-order valence-corrected chi connectivity index (χ1v) is 8.32. The van der Waals surface area contributed by atoms with Crippen molar-refractivity contribution in [3.05, 3.63) is 84.1 Å². The van der Waals surface area contributed by atoms with E-state index in [1.807, 2.05) is 66.7 Å². The Morgan fingerprint density at radius 3 is 2.41 bits per heavy atom. The SMILES string of the molecule is COc1ccc(C/C(N)=N\c2ncccc2OCc2ccccc2)cc1.Cl. The Kier molecular flexibility index (Phi) is 7.64. The molecule has 1 heterocycles. The largest absolute Gasteiger partial charge is 0.497 e. The van der Waals surface area contributed by atoms with Gasteiger partial charge in [-0.15, -0.1) is 12.4 Å². The molecule has 0 fully saturated rings. The molecule has 3 aromatic rings. The highest BCUT2D eigenvalue weighted by atomic mass is 35.5. The van der Waals surface area contributed by atoms with E-state index in [2.05, 4.69) is 9.98 Å². The van der Waals surface area contributed by atoms with E-state index < -0.39 is 0 Å². The Labute approximate surface area is 165 Å². The minimum Gasteiger partial charge on any atom is -0.497 e. The van der Waals surface area contributed by atoms with Gasteiger partial charge in [-0.25, -0.2) is 9.98 Å². The van der Waals surface area contributed by atoms with Gasteiger partial charge in [0.25, 0.3) is 0 Å². The number of ether oxygens (including phenoxy) is 2. The average Bonchev–Trinajstić information content (AvgIpc) is 2.68. The van der Waals surface area contributed by atoms with Crippen LogP contribution in [0.1, 0.15) is 11.1 Å². The molecule has 0 saturated heterocycles. The van der Waals surface area contributed by atoms with Crippen LogP contribution in [-0.4, -0.2) is 17.9 Å². The van der Waals surface area contributed by atoms with Gasteiger partial charge < -0.3 is 15.2 Å². The third-order valence-electron chi connectivity index (χ3n) is 3.78. The van der Waals surface area contributed by atoms with Crippen molar-refractivity contribution in [2.24, 2.45) is 10.7 Å². The van der Waals surface area contributed by atoms with Crippen molar-refractivity contribution in [3.63, 3.8) is 0 Å². The van der Waals surface area contributed by atoms with Crippen LogP contribution in [0, 0.1) is 0 Å². The number of aliphatic imine (C=N–C) groups is 1. The van der Waals surface area contributed by atoms with E-state index in [0.29, 0.717) is 30.4 Å². The molecular weight excluding hydrogens is 362 g/mol. The molecule has 0 spiro atoms. The zero-order valence-corrected chi connectivity index (χ0v) is 15.9. The lowest BCUT2D eigenvalue weighted by atomic mass is 10.1. The topological polar surface area (TPSA) is 69.7 Å². The molecule has 0 unspecified atom stereocenters. The summed E-state index contributed by atoms with van der Waals surface area (Å²) < 4.78 is 11.0. The van der Waals surface area contributed by atoms with Crippen molar-refractivity contribution >= 4 is 24.1 Å². The molecule has 0 atom stereocenters. The smallest absolute Gasteiger partial charge is 0.196 e. The van der Waals surface area contributed by atoms with Crippen LogP contribution < -0.4 is 15.2 Å². The molecular formula is C21H22ClN3O2. The van der Waals surface area contributed by atoms with Crippen molar-refractivity contribution in [2.75, 3.05) is 7.11 Å². The first-order chi connectivity index (χ1) is 12.7. The molecule has 5 nitrogen and oxygen atoms in total. The maximum absolute atomic E-state index is 6.11. The van der Waals surface area contributed by atoms with Gasteiger partial charge in [0.15, 0.2) is 11.6 Å².